The van der Waals surface area contributed by atoms with Gasteiger partial charge in [-0.15, -0.1) is 5.10 Å². The van der Waals surface area contributed by atoms with Crippen LogP contribution in [0.15, 0.2) is 47.1 Å². The van der Waals surface area contributed by atoms with Crippen molar-refractivity contribution in [2.24, 2.45) is 0 Å². The van der Waals surface area contributed by atoms with Crippen molar-refractivity contribution in [2.45, 2.75) is 20.0 Å². The summed E-state index contributed by atoms with van der Waals surface area (Å²) < 4.78 is 12.7. The lowest BCUT2D eigenvalue weighted by molar-refractivity contribution is 0.222. The lowest BCUT2D eigenvalue weighted by Gasteiger charge is -2.04. The Morgan fingerprint density at radius 1 is 1.19 bits per heavy atom. The molecule has 0 saturated heterocycles. The van der Waals surface area contributed by atoms with Crippen LogP contribution in [0.5, 0.6) is 6.01 Å². The molecule has 0 spiro atoms. The molecule has 0 atom stereocenters. The highest BCUT2D eigenvalue weighted by molar-refractivity contribution is 5.53. The van der Waals surface area contributed by atoms with E-state index in [1.807, 2.05) is 44.2 Å². The van der Waals surface area contributed by atoms with E-state index in [0.29, 0.717) is 23.3 Å². The molecule has 0 fully saturated rings. The zero-order valence-electron chi connectivity index (χ0n) is 11.9. The van der Waals surface area contributed by atoms with Gasteiger partial charge in [-0.25, -0.2) is 4.68 Å². The quantitative estimate of drug-likeness (QED) is 0.745. The van der Waals surface area contributed by atoms with Crippen molar-refractivity contribution in [1.29, 1.82) is 0 Å². The highest BCUT2D eigenvalue weighted by Gasteiger charge is 2.17. The summed E-state index contributed by atoms with van der Waals surface area (Å²) in [5.74, 6) is 1.21. The second-order valence-electron chi connectivity index (χ2n) is 4.87. The fourth-order valence-corrected chi connectivity index (χ4v) is 1.91. The number of hydrogen-bond acceptors (Lipinski definition) is 5. The Hall–Kier alpha value is -2.76. The van der Waals surface area contributed by atoms with Gasteiger partial charge in [0.05, 0.1) is 18.1 Å². The number of benzene rings is 1. The maximum absolute atomic E-state index is 5.72. The molecule has 0 unspecified atom stereocenters. The highest BCUT2D eigenvalue weighted by Crippen LogP contribution is 2.24. The Labute approximate surface area is 122 Å². The molecule has 3 aromatic rings. The third-order valence-corrected chi connectivity index (χ3v) is 2.81. The second kappa shape index (κ2) is 5.32. The molecule has 6 nitrogen and oxygen atoms in total. The Morgan fingerprint density at radius 2 is 1.95 bits per heavy atom. The molecule has 0 bridgehead atoms. The van der Waals surface area contributed by atoms with Gasteiger partial charge in [-0.3, -0.25) is 0 Å². The molecule has 0 radical (unpaired) electrons. The van der Waals surface area contributed by atoms with Gasteiger partial charge in [-0.05, 0) is 50.2 Å². The molecule has 2 N–H and O–H groups in total. The number of hydrogen-bond donors (Lipinski definition) is 1. The Kier molecular flexibility index (Phi) is 3.35. The van der Waals surface area contributed by atoms with Gasteiger partial charge in [0, 0.05) is 5.69 Å². The van der Waals surface area contributed by atoms with E-state index >= 15 is 0 Å². The SMILES string of the molecule is CC(C)Oc1nc(-c2ccco2)n(-c2ccc(N)cc2)n1. The third-order valence-electron chi connectivity index (χ3n) is 2.81. The van der Waals surface area contributed by atoms with E-state index in [1.54, 1.807) is 17.0 Å². The molecule has 6 heteroatoms. The van der Waals surface area contributed by atoms with Gasteiger partial charge in [-0.2, -0.15) is 4.98 Å². The third kappa shape index (κ3) is 2.74. The molecule has 2 aromatic heterocycles. The molecule has 108 valence electrons. The Bertz CT molecular complexity index is 715. The molecule has 0 aliphatic rings. The van der Waals surface area contributed by atoms with Crippen molar-refractivity contribution < 1.29 is 9.15 Å². The normalized spacial score (nSPS) is 11.0. The zero-order valence-corrected chi connectivity index (χ0v) is 11.9. The van der Waals surface area contributed by atoms with Crippen molar-refractivity contribution in [1.82, 2.24) is 14.8 Å². The Balaban J connectivity index is 2.08. The number of nitrogens with two attached hydrogens (primary N) is 1. The first-order valence-electron chi connectivity index (χ1n) is 6.67. The number of nitrogens with zero attached hydrogens (tertiary/aromatic N) is 3. The van der Waals surface area contributed by atoms with Crippen molar-refractivity contribution in [3.8, 4) is 23.3 Å². The molecule has 2 heterocycles. The topological polar surface area (TPSA) is 79.1 Å². The zero-order chi connectivity index (χ0) is 14.8. The van der Waals surface area contributed by atoms with Gasteiger partial charge in [0.15, 0.2) is 5.76 Å². The minimum atomic E-state index is -0.00304. The molecular weight excluding hydrogens is 268 g/mol. The van der Waals surface area contributed by atoms with Gasteiger partial charge in [0.25, 0.3) is 0 Å². The van der Waals surface area contributed by atoms with Gasteiger partial charge >= 0.3 is 6.01 Å². The monoisotopic (exact) mass is 284 g/mol. The average Bonchev–Trinajstić information content (AvgIpc) is 3.07. The van der Waals surface area contributed by atoms with Crippen LogP contribution in [0, 0.1) is 0 Å². The van der Waals surface area contributed by atoms with Crippen LogP contribution in [-0.2, 0) is 0 Å². The molecule has 0 saturated carbocycles. The van der Waals surface area contributed by atoms with Crippen molar-refractivity contribution in [2.75, 3.05) is 5.73 Å². The van der Waals surface area contributed by atoms with Crippen LogP contribution < -0.4 is 10.5 Å². The number of rotatable bonds is 4. The van der Waals surface area contributed by atoms with Crippen molar-refractivity contribution in [3.05, 3.63) is 42.7 Å². The molecule has 21 heavy (non-hydrogen) atoms. The summed E-state index contributed by atoms with van der Waals surface area (Å²) in [4.78, 5) is 4.40. The van der Waals surface area contributed by atoms with Crippen LogP contribution in [0.25, 0.3) is 17.3 Å². The van der Waals surface area contributed by atoms with E-state index in [-0.39, 0.29) is 6.10 Å². The number of aromatic nitrogens is 3. The maximum Gasteiger partial charge on any atom is 0.336 e. The van der Waals surface area contributed by atoms with Crippen molar-refractivity contribution >= 4 is 5.69 Å². The lowest BCUT2D eigenvalue weighted by atomic mass is 10.3. The number of anilines is 1. The standard InChI is InChI=1S/C15H16N4O2/c1-10(2)21-15-17-14(13-4-3-9-20-13)19(18-15)12-7-5-11(16)6-8-12/h3-10H,16H2,1-2H3. The van der Waals surface area contributed by atoms with E-state index in [4.69, 9.17) is 14.9 Å². The highest BCUT2D eigenvalue weighted by atomic mass is 16.5. The summed E-state index contributed by atoms with van der Waals surface area (Å²) in [5, 5.41) is 4.39. The smallest absolute Gasteiger partial charge is 0.336 e. The van der Waals surface area contributed by atoms with Crippen LogP contribution in [0.4, 0.5) is 5.69 Å². The van der Waals surface area contributed by atoms with Crippen molar-refractivity contribution in [3.63, 3.8) is 0 Å². The number of ether oxygens (including phenoxy) is 1. The minimum Gasteiger partial charge on any atom is -0.461 e. The maximum atomic E-state index is 5.72. The van der Waals surface area contributed by atoms with E-state index in [1.165, 1.54) is 0 Å². The summed E-state index contributed by atoms with van der Waals surface area (Å²) in [7, 11) is 0. The summed E-state index contributed by atoms with van der Waals surface area (Å²) in [6.07, 6.45) is 1.59. The average molecular weight is 284 g/mol. The molecule has 0 aliphatic heterocycles. The van der Waals surface area contributed by atoms with E-state index < -0.39 is 0 Å². The molecular formula is C15H16N4O2. The summed E-state index contributed by atoms with van der Waals surface area (Å²) in [5.41, 5.74) is 7.25. The van der Waals surface area contributed by atoms with E-state index in [2.05, 4.69) is 10.1 Å². The molecule has 1 aromatic carbocycles. The number of furan rings is 1. The second-order valence-corrected chi connectivity index (χ2v) is 4.87. The van der Waals surface area contributed by atoms with Crippen LogP contribution in [-0.4, -0.2) is 20.9 Å². The lowest BCUT2D eigenvalue weighted by Crippen LogP contribution is -2.07. The summed E-state index contributed by atoms with van der Waals surface area (Å²) in [6, 6.07) is 11.3. The van der Waals surface area contributed by atoms with Gasteiger partial charge in [0.1, 0.15) is 0 Å². The van der Waals surface area contributed by atoms with Gasteiger partial charge < -0.3 is 14.9 Å². The first kappa shape index (κ1) is 13.2. The molecule has 0 aliphatic carbocycles. The van der Waals surface area contributed by atoms with Gasteiger partial charge in [0.2, 0.25) is 5.82 Å². The summed E-state index contributed by atoms with van der Waals surface area (Å²) >= 11 is 0. The minimum absolute atomic E-state index is 0.00304. The van der Waals surface area contributed by atoms with Gasteiger partial charge in [-0.1, -0.05) is 0 Å². The predicted molar refractivity (Wildman–Crippen MR) is 79.2 cm³/mol. The fraction of sp³-hybridized carbons (Fsp3) is 0.200. The first-order chi connectivity index (χ1) is 10.1. The fourth-order valence-electron chi connectivity index (χ4n) is 1.91. The van der Waals surface area contributed by atoms with E-state index in [0.717, 1.165) is 5.69 Å². The van der Waals surface area contributed by atoms with Crippen LogP contribution >= 0.6 is 0 Å². The van der Waals surface area contributed by atoms with Crippen LogP contribution in [0.3, 0.4) is 0 Å². The van der Waals surface area contributed by atoms with Crippen LogP contribution in [0.2, 0.25) is 0 Å². The first-order valence-corrected chi connectivity index (χ1v) is 6.67. The van der Waals surface area contributed by atoms with E-state index in [9.17, 15) is 0 Å². The molecule has 0 amide bonds. The Morgan fingerprint density at radius 3 is 2.57 bits per heavy atom. The number of nitrogen functional groups attached to an aromatic ring is 1. The van der Waals surface area contributed by atoms with Crippen LogP contribution in [0.1, 0.15) is 13.8 Å². The summed E-state index contributed by atoms with van der Waals surface area (Å²) in [6.45, 7) is 3.85. The molecule has 3 rings (SSSR count). The predicted octanol–water partition coefficient (Wildman–Crippen LogP) is 2.90. The largest absolute Gasteiger partial charge is 0.461 e.